The minimum atomic E-state index is 0.596. The predicted octanol–water partition coefficient (Wildman–Crippen LogP) is 2.73. The molecule has 0 spiro atoms. The highest BCUT2D eigenvalue weighted by atomic mass is 79.9. The van der Waals surface area contributed by atoms with E-state index in [9.17, 15) is 0 Å². The molecule has 10 heavy (non-hydrogen) atoms. The van der Waals surface area contributed by atoms with Crippen molar-refractivity contribution in [1.29, 1.82) is 0 Å². The second-order valence-electron chi connectivity index (χ2n) is 2.82. The molecule has 0 saturated heterocycles. The van der Waals surface area contributed by atoms with Gasteiger partial charge in [0, 0.05) is 11.9 Å². The van der Waals surface area contributed by atoms with Gasteiger partial charge in [0.1, 0.15) is 0 Å². The van der Waals surface area contributed by atoms with Gasteiger partial charge in [-0.05, 0) is 19.3 Å². The van der Waals surface area contributed by atoms with Gasteiger partial charge in [-0.25, -0.2) is 0 Å². The van der Waals surface area contributed by atoms with Crippen molar-refractivity contribution < 1.29 is 4.74 Å². The minimum Gasteiger partial charge on any atom is -0.378 e. The Morgan fingerprint density at radius 2 is 2.00 bits per heavy atom. The second kappa shape index (κ2) is 5.14. The summed E-state index contributed by atoms with van der Waals surface area (Å²) in [6, 6.07) is 0. The molecule has 0 amide bonds. The van der Waals surface area contributed by atoms with Crippen LogP contribution in [0, 0.1) is 0 Å². The molecule has 1 aliphatic rings. The van der Waals surface area contributed by atoms with Crippen LogP contribution in [0.1, 0.15) is 32.1 Å². The fourth-order valence-electron chi connectivity index (χ4n) is 1.36. The summed E-state index contributed by atoms with van der Waals surface area (Å²) in [5, 5.41) is 1.07. The lowest BCUT2D eigenvalue weighted by Crippen LogP contribution is -2.08. The van der Waals surface area contributed by atoms with E-state index in [1.807, 2.05) is 0 Å². The first-order valence-electron chi connectivity index (χ1n) is 4.11. The molecule has 60 valence electrons. The first kappa shape index (κ1) is 8.54. The molecule has 1 nitrogen and oxygen atoms in total. The van der Waals surface area contributed by atoms with Crippen LogP contribution < -0.4 is 0 Å². The summed E-state index contributed by atoms with van der Waals surface area (Å²) in [6.07, 6.45) is 7.08. The van der Waals surface area contributed by atoms with Crippen LogP contribution in [-0.4, -0.2) is 18.0 Å². The highest BCUT2D eigenvalue weighted by Gasteiger charge is 2.14. The van der Waals surface area contributed by atoms with Crippen LogP contribution in [0.4, 0.5) is 0 Å². The smallest absolute Gasteiger partial charge is 0.0575 e. The Kier molecular flexibility index (Phi) is 4.39. The Balaban J connectivity index is 1.91. The Morgan fingerprint density at radius 3 is 2.60 bits per heavy atom. The molecule has 0 bridgehead atoms. The third kappa shape index (κ3) is 3.02. The van der Waals surface area contributed by atoms with E-state index in [0.717, 1.165) is 18.4 Å². The molecule has 0 aromatic rings. The minimum absolute atomic E-state index is 0.596. The molecule has 0 aromatic heterocycles. The third-order valence-electron chi connectivity index (χ3n) is 1.93. The van der Waals surface area contributed by atoms with Crippen LogP contribution >= 0.6 is 15.9 Å². The van der Waals surface area contributed by atoms with Gasteiger partial charge in [-0.15, -0.1) is 0 Å². The summed E-state index contributed by atoms with van der Waals surface area (Å²) in [5.41, 5.74) is 0. The molecule has 1 saturated carbocycles. The quantitative estimate of drug-likeness (QED) is 0.508. The molecule has 1 aliphatic carbocycles. The maximum Gasteiger partial charge on any atom is 0.0575 e. The van der Waals surface area contributed by atoms with E-state index in [-0.39, 0.29) is 0 Å². The van der Waals surface area contributed by atoms with E-state index in [1.54, 1.807) is 0 Å². The first-order valence-corrected chi connectivity index (χ1v) is 5.23. The van der Waals surface area contributed by atoms with E-state index in [2.05, 4.69) is 15.9 Å². The number of rotatable bonds is 4. The molecule has 0 N–H and O–H groups in total. The SMILES string of the molecule is BrCCCOC1CCCC1. The number of alkyl halides is 1. The van der Waals surface area contributed by atoms with Gasteiger partial charge in [-0.3, -0.25) is 0 Å². The van der Waals surface area contributed by atoms with E-state index >= 15 is 0 Å². The number of hydrogen-bond donors (Lipinski definition) is 0. The molecular weight excluding hydrogens is 192 g/mol. The van der Waals surface area contributed by atoms with Crippen LogP contribution in [0.25, 0.3) is 0 Å². The van der Waals surface area contributed by atoms with Gasteiger partial charge in [-0.1, -0.05) is 28.8 Å². The summed E-state index contributed by atoms with van der Waals surface area (Å²) >= 11 is 3.38. The first-order chi connectivity index (χ1) is 4.93. The zero-order valence-corrected chi connectivity index (χ0v) is 7.90. The number of hydrogen-bond acceptors (Lipinski definition) is 1. The molecule has 0 unspecified atom stereocenters. The van der Waals surface area contributed by atoms with Crippen LogP contribution in [0.5, 0.6) is 0 Å². The van der Waals surface area contributed by atoms with E-state index in [1.165, 1.54) is 25.7 Å². The van der Waals surface area contributed by atoms with Gasteiger partial charge < -0.3 is 4.74 Å². The molecule has 0 aromatic carbocycles. The maximum atomic E-state index is 5.61. The Hall–Kier alpha value is 0.440. The third-order valence-corrected chi connectivity index (χ3v) is 2.49. The van der Waals surface area contributed by atoms with Gasteiger partial charge in [0.15, 0.2) is 0 Å². The van der Waals surface area contributed by atoms with Crippen LogP contribution in [0.3, 0.4) is 0 Å². The van der Waals surface area contributed by atoms with Crippen molar-refractivity contribution in [2.24, 2.45) is 0 Å². The van der Waals surface area contributed by atoms with Gasteiger partial charge in [0.25, 0.3) is 0 Å². The predicted molar refractivity (Wildman–Crippen MR) is 46.6 cm³/mol. The average Bonchev–Trinajstić information content (AvgIpc) is 2.41. The molecule has 0 radical (unpaired) electrons. The summed E-state index contributed by atoms with van der Waals surface area (Å²) in [5.74, 6) is 0. The normalized spacial score (nSPS) is 20.1. The highest BCUT2D eigenvalue weighted by Crippen LogP contribution is 2.20. The van der Waals surface area contributed by atoms with E-state index in [4.69, 9.17) is 4.74 Å². The van der Waals surface area contributed by atoms with E-state index < -0.39 is 0 Å². The Bertz CT molecular complexity index is 79.3. The van der Waals surface area contributed by atoms with Crippen LogP contribution in [-0.2, 0) is 4.74 Å². The van der Waals surface area contributed by atoms with Crippen LogP contribution in [0.15, 0.2) is 0 Å². The van der Waals surface area contributed by atoms with Crippen molar-refractivity contribution in [3.63, 3.8) is 0 Å². The van der Waals surface area contributed by atoms with Crippen molar-refractivity contribution in [3.8, 4) is 0 Å². The van der Waals surface area contributed by atoms with Gasteiger partial charge in [0.05, 0.1) is 6.10 Å². The number of halogens is 1. The monoisotopic (exact) mass is 206 g/mol. The average molecular weight is 207 g/mol. The fraction of sp³-hybridized carbons (Fsp3) is 1.00. The van der Waals surface area contributed by atoms with Crippen molar-refractivity contribution in [2.45, 2.75) is 38.2 Å². The fourth-order valence-corrected chi connectivity index (χ4v) is 1.59. The summed E-state index contributed by atoms with van der Waals surface area (Å²) in [6.45, 7) is 0.940. The Labute approximate surface area is 71.3 Å². The molecule has 0 aliphatic heterocycles. The van der Waals surface area contributed by atoms with Gasteiger partial charge in [-0.2, -0.15) is 0 Å². The molecule has 2 heteroatoms. The second-order valence-corrected chi connectivity index (χ2v) is 3.61. The van der Waals surface area contributed by atoms with Crippen LogP contribution in [0.2, 0.25) is 0 Å². The summed E-state index contributed by atoms with van der Waals surface area (Å²) < 4.78 is 5.61. The van der Waals surface area contributed by atoms with Crippen molar-refractivity contribution in [3.05, 3.63) is 0 Å². The highest BCUT2D eigenvalue weighted by molar-refractivity contribution is 9.09. The largest absolute Gasteiger partial charge is 0.378 e. The zero-order chi connectivity index (χ0) is 7.23. The summed E-state index contributed by atoms with van der Waals surface area (Å²) in [4.78, 5) is 0. The Morgan fingerprint density at radius 1 is 1.30 bits per heavy atom. The van der Waals surface area contributed by atoms with Crippen molar-refractivity contribution in [2.75, 3.05) is 11.9 Å². The van der Waals surface area contributed by atoms with Gasteiger partial charge in [0.2, 0.25) is 0 Å². The number of ether oxygens (including phenoxy) is 1. The molecule has 0 atom stereocenters. The summed E-state index contributed by atoms with van der Waals surface area (Å²) in [7, 11) is 0. The zero-order valence-electron chi connectivity index (χ0n) is 6.31. The molecule has 1 rings (SSSR count). The standard InChI is InChI=1S/C8H15BrO/c9-6-3-7-10-8-4-1-2-5-8/h8H,1-7H2. The molecular formula is C8H15BrO. The van der Waals surface area contributed by atoms with Crippen molar-refractivity contribution >= 4 is 15.9 Å². The lowest BCUT2D eigenvalue weighted by molar-refractivity contribution is 0.0595. The van der Waals surface area contributed by atoms with E-state index in [0.29, 0.717) is 6.10 Å². The lowest BCUT2D eigenvalue weighted by Gasteiger charge is -2.09. The topological polar surface area (TPSA) is 9.23 Å². The molecule has 1 fully saturated rings. The van der Waals surface area contributed by atoms with Crippen molar-refractivity contribution in [1.82, 2.24) is 0 Å². The maximum absolute atomic E-state index is 5.61. The lowest BCUT2D eigenvalue weighted by atomic mass is 10.3. The molecule has 0 heterocycles. The van der Waals surface area contributed by atoms with Gasteiger partial charge >= 0.3 is 0 Å².